The van der Waals surface area contributed by atoms with E-state index in [9.17, 15) is 9.59 Å². The summed E-state index contributed by atoms with van der Waals surface area (Å²) in [6, 6.07) is 13.3. The number of pyridine rings is 1. The normalized spacial score (nSPS) is 9.83. The lowest BCUT2D eigenvalue weighted by Gasteiger charge is -2.07. The molecule has 0 aliphatic rings. The number of aromatic nitrogens is 1. The lowest BCUT2D eigenvalue weighted by Crippen LogP contribution is -2.15. The summed E-state index contributed by atoms with van der Waals surface area (Å²) in [6.45, 7) is 0. The molecule has 0 aliphatic carbocycles. The summed E-state index contributed by atoms with van der Waals surface area (Å²) in [4.78, 5) is 27.9. The molecular weight excluding hydrogens is 294 g/mol. The first kappa shape index (κ1) is 16.4. The van der Waals surface area contributed by atoms with E-state index in [1.54, 1.807) is 18.3 Å². The van der Waals surface area contributed by atoms with Crippen LogP contribution in [-0.4, -0.2) is 31.1 Å². The van der Waals surface area contributed by atoms with Gasteiger partial charge in [0.15, 0.2) is 0 Å². The van der Waals surface area contributed by atoms with Gasteiger partial charge in [-0.3, -0.25) is 4.98 Å². The van der Waals surface area contributed by atoms with Gasteiger partial charge in [-0.1, -0.05) is 36.4 Å². The molecular formula is C18H17NO4. The highest BCUT2D eigenvalue weighted by molar-refractivity contribution is 6.17. The Bertz CT molecular complexity index is 705. The highest BCUT2D eigenvalue weighted by Gasteiger charge is 2.20. The maximum absolute atomic E-state index is 11.8. The molecule has 0 bridgehead atoms. The molecule has 5 nitrogen and oxygen atoms in total. The molecule has 0 unspecified atom stereocenters. The summed E-state index contributed by atoms with van der Waals surface area (Å²) in [5, 5.41) is 0. The fraction of sp³-hybridized carbons (Fsp3) is 0.167. The average molecular weight is 311 g/mol. The van der Waals surface area contributed by atoms with Crippen molar-refractivity contribution in [1.82, 2.24) is 4.98 Å². The van der Waals surface area contributed by atoms with E-state index in [0.29, 0.717) is 12.0 Å². The van der Waals surface area contributed by atoms with Gasteiger partial charge in [0.1, 0.15) is 5.57 Å². The minimum atomic E-state index is -0.744. The summed E-state index contributed by atoms with van der Waals surface area (Å²) in [7, 11) is 2.43. The Morgan fingerprint density at radius 3 is 2.26 bits per heavy atom. The molecule has 23 heavy (non-hydrogen) atoms. The first-order valence-electron chi connectivity index (χ1n) is 7.02. The Labute approximate surface area is 134 Å². The van der Waals surface area contributed by atoms with Crippen molar-refractivity contribution < 1.29 is 19.1 Å². The third-order valence-corrected chi connectivity index (χ3v) is 3.25. The maximum atomic E-state index is 11.8. The van der Waals surface area contributed by atoms with Crippen molar-refractivity contribution in [1.29, 1.82) is 0 Å². The topological polar surface area (TPSA) is 65.5 Å². The van der Waals surface area contributed by atoms with E-state index in [2.05, 4.69) is 14.5 Å². The van der Waals surface area contributed by atoms with E-state index in [1.165, 1.54) is 20.3 Å². The van der Waals surface area contributed by atoms with E-state index in [0.717, 1.165) is 11.3 Å². The number of nitrogens with zero attached hydrogens (tertiary/aromatic N) is 1. The zero-order valence-electron chi connectivity index (χ0n) is 13.0. The van der Waals surface area contributed by atoms with Crippen LogP contribution in [-0.2, 0) is 25.5 Å². The maximum Gasteiger partial charge on any atom is 0.345 e. The number of hydrogen-bond acceptors (Lipinski definition) is 5. The predicted octanol–water partition coefficient (Wildman–Crippen LogP) is 2.40. The molecule has 0 saturated carbocycles. The van der Waals surface area contributed by atoms with Gasteiger partial charge in [-0.15, -0.1) is 0 Å². The van der Waals surface area contributed by atoms with Gasteiger partial charge in [0.05, 0.1) is 19.9 Å². The smallest absolute Gasteiger partial charge is 0.345 e. The van der Waals surface area contributed by atoms with Crippen LogP contribution < -0.4 is 0 Å². The Hall–Kier alpha value is -2.95. The number of carbonyl (C=O) groups is 2. The van der Waals surface area contributed by atoms with Gasteiger partial charge in [0.25, 0.3) is 0 Å². The lowest BCUT2D eigenvalue weighted by molar-refractivity contribution is -0.143. The molecule has 2 rings (SSSR count). The van der Waals surface area contributed by atoms with Crippen molar-refractivity contribution in [2.45, 2.75) is 6.42 Å². The number of carbonyl (C=O) groups excluding carboxylic acids is 2. The zero-order chi connectivity index (χ0) is 16.7. The van der Waals surface area contributed by atoms with Gasteiger partial charge >= 0.3 is 11.9 Å². The lowest BCUT2D eigenvalue weighted by atomic mass is 10.0. The molecule has 0 amide bonds. The SMILES string of the molecule is COC(=O)C(=Cc1cccnc1Cc1ccccc1)C(=O)OC. The Morgan fingerprint density at radius 1 is 1.00 bits per heavy atom. The van der Waals surface area contributed by atoms with E-state index in [1.807, 2.05) is 30.3 Å². The number of esters is 2. The van der Waals surface area contributed by atoms with Gasteiger partial charge in [-0.2, -0.15) is 0 Å². The number of hydrogen-bond donors (Lipinski definition) is 0. The van der Waals surface area contributed by atoms with Crippen molar-refractivity contribution in [3.63, 3.8) is 0 Å². The molecule has 5 heteroatoms. The molecule has 0 N–H and O–H groups in total. The van der Waals surface area contributed by atoms with Gasteiger partial charge in [0.2, 0.25) is 0 Å². The van der Waals surface area contributed by atoms with Gasteiger partial charge < -0.3 is 9.47 Å². The minimum Gasteiger partial charge on any atom is -0.465 e. The quantitative estimate of drug-likeness (QED) is 0.367. The molecule has 2 aromatic rings. The second kappa shape index (κ2) is 7.89. The molecule has 0 fully saturated rings. The van der Waals surface area contributed by atoms with Crippen LogP contribution in [0.3, 0.4) is 0 Å². The van der Waals surface area contributed by atoms with Crippen LogP contribution in [0.1, 0.15) is 16.8 Å². The molecule has 0 atom stereocenters. The summed E-state index contributed by atoms with van der Waals surface area (Å²) < 4.78 is 9.27. The highest BCUT2D eigenvalue weighted by atomic mass is 16.5. The number of rotatable bonds is 5. The van der Waals surface area contributed by atoms with Gasteiger partial charge in [-0.05, 0) is 23.3 Å². The third kappa shape index (κ3) is 4.26. The molecule has 1 aromatic carbocycles. The van der Waals surface area contributed by atoms with Crippen LogP contribution in [0.2, 0.25) is 0 Å². The zero-order valence-corrected chi connectivity index (χ0v) is 13.0. The average Bonchev–Trinajstić information content (AvgIpc) is 2.60. The summed E-state index contributed by atoms with van der Waals surface area (Å²) in [6.07, 6.45) is 3.71. The van der Waals surface area contributed by atoms with Crippen LogP contribution in [0, 0.1) is 0 Å². The van der Waals surface area contributed by atoms with Crippen LogP contribution in [0.5, 0.6) is 0 Å². The van der Waals surface area contributed by atoms with Gasteiger partial charge in [-0.25, -0.2) is 9.59 Å². The Morgan fingerprint density at radius 2 is 1.65 bits per heavy atom. The van der Waals surface area contributed by atoms with E-state index in [4.69, 9.17) is 0 Å². The van der Waals surface area contributed by atoms with Crippen LogP contribution in [0.15, 0.2) is 54.2 Å². The monoisotopic (exact) mass is 311 g/mol. The fourth-order valence-electron chi connectivity index (χ4n) is 2.10. The second-order valence-electron chi connectivity index (χ2n) is 4.74. The van der Waals surface area contributed by atoms with E-state index >= 15 is 0 Å². The largest absolute Gasteiger partial charge is 0.465 e. The van der Waals surface area contributed by atoms with Crippen molar-refractivity contribution in [3.05, 3.63) is 71.1 Å². The minimum absolute atomic E-state index is 0.169. The Balaban J connectivity index is 2.40. The van der Waals surface area contributed by atoms with Crippen molar-refractivity contribution in [3.8, 4) is 0 Å². The number of ether oxygens (including phenoxy) is 2. The molecule has 118 valence electrons. The van der Waals surface area contributed by atoms with E-state index < -0.39 is 11.9 Å². The van der Waals surface area contributed by atoms with E-state index in [-0.39, 0.29) is 5.57 Å². The Kier molecular flexibility index (Phi) is 5.63. The first-order chi connectivity index (χ1) is 11.2. The molecule has 0 spiro atoms. The van der Waals surface area contributed by atoms with Crippen molar-refractivity contribution in [2.24, 2.45) is 0 Å². The fourth-order valence-corrected chi connectivity index (χ4v) is 2.10. The van der Waals surface area contributed by atoms with Crippen LogP contribution >= 0.6 is 0 Å². The molecule has 1 aromatic heterocycles. The van der Waals surface area contributed by atoms with Crippen molar-refractivity contribution >= 4 is 18.0 Å². The number of benzene rings is 1. The molecule has 1 heterocycles. The molecule has 0 radical (unpaired) electrons. The highest BCUT2D eigenvalue weighted by Crippen LogP contribution is 2.16. The van der Waals surface area contributed by atoms with Gasteiger partial charge in [0, 0.05) is 12.6 Å². The third-order valence-electron chi connectivity index (χ3n) is 3.25. The molecule has 0 aliphatic heterocycles. The van der Waals surface area contributed by atoms with Crippen LogP contribution in [0.4, 0.5) is 0 Å². The standard InChI is InChI=1S/C18H17NO4/c1-22-17(20)15(18(21)23-2)12-14-9-6-10-19-16(14)11-13-7-4-3-5-8-13/h3-10,12H,11H2,1-2H3. The molecule has 0 saturated heterocycles. The number of methoxy groups -OCH3 is 2. The summed E-state index contributed by atoms with van der Waals surface area (Å²) >= 11 is 0. The second-order valence-corrected chi connectivity index (χ2v) is 4.74. The van der Waals surface area contributed by atoms with Crippen molar-refractivity contribution in [2.75, 3.05) is 14.2 Å². The van der Waals surface area contributed by atoms with Crippen LogP contribution in [0.25, 0.3) is 6.08 Å². The summed E-state index contributed by atoms with van der Waals surface area (Å²) in [5.74, 6) is -1.49. The first-order valence-corrected chi connectivity index (χ1v) is 7.02. The predicted molar refractivity (Wildman–Crippen MR) is 85.5 cm³/mol. The summed E-state index contributed by atoms with van der Waals surface area (Å²) in [5.41, 5.74) is 2.34.